The third kappa shape index (κ3) is 3.29. The molecule has 4 nitrogen and oxygen atoms in total. The van der Waals surface area contributed by atoms with E-state index in [9.17, 15) is 13.2 Å². The number of hydrogen-bond donors (Lipinski definition) is 1. The topological polar surface area (TPSA) is 63.2 Å². The van der Waals surface area contributed by atoms with Gasteiger partial charge in [-0.2, -0.15) is 0 Å². The first kappa shape index (κ1) is 12.6. The fourth-order valence-electron chi connectivity index (χ4n) is 1.91. The van der Waals surface area contributed by atoms with E-state index < -0.39 is 9.84 Å². The molecule has 1 N–H and O–H groups in total. The summed E-state index contributed by atoms with van der Waals surface area (Å²) < 4.78 is 22.5. The molecule has 0 bridgehead atoms. The van der Waals surface area contributed by atoms with Crippen LogP contribution in [0, 0.1) is 12.8 Å². The number of carbonyl (C=O) groups excluding carboxylic acids is 1. The summed E-state index contributed by atoms with van der Waals surface area (Å²) in [5, 5.41) is 2.80. The van der Waals surface area contributed by atoms with E-state index in [0.29, 0.717) is 17.8 Å². The van der Waals surface area contributed by atoms with Gasteiger partial charge in [0.05, 0.1) is 16.4 Å². The molecule has 0 aromatic carbocycles. The van der Waals surface area contributed by atoms with Gasteiger partial charge in [-0.25, -0.2) is 8.42 Å². The highest BCUT2D eigenvalue weighted by Gasteiger charge is 2.28. The summed E-state index contributed by atoms with van der Waals surface area (Å²) in [5.41, 5.74) is 0. The summed E-state index contributed by atoms with van der Waals surface area (Å²) >= 11 is 1.45. The van der Waals surface area contributed by atoms with Crippen molar-refractivity contribution in [1.82, 2.24) is 5.32 Å². The summed E-state index contributed by atoms with van der Waals surface area (Å²) in [6.07, 6.45) is 0.659. The number of carbonyl (C=O) groups is 1. The average molecular weight is 273 g/mol. The van der Waals surface area contributed by atoms with E-state index in [2.05, 4.69) is 5.32 Å². The summed E-state index contributed by atoms with van der Waals surface area (Å²) in [5.74, 6) is 0.431. The quantitative estimate of drug-likeness (QED) is 0.900. The SMILES string of the molecule is Cc1ccc(C(=O)NCC2CCS(=O)(=O)C2)s1. The maximum Gasteiger partial charge on any atom is 0.261 e. The van der Waals surface area contributed by atoms with Gasteiger partial charge in [-0.15, -0.1) is 11.3 Å². The molecule has 2 heterocycles. The average Bonchev–Trinajstić information content (AvgIpc) is 2.81. The number of amides is 1. The fourth-order valence-corrected chi connectivity index (χ4v) is 4.56. The van der Waals surface area contributed by atoms with Gasteiger partial charge in [-0.05, 0) is 31.4 Å². The third-order valence-corrected chi connectivity index (χ3v) is 5.68. The number of sulfone groups is 1. The lowest BCUT2D eigenvalue weighted by Crippen LogP contribution is -2.29. The summed E-state index contributed by atoms with van der Waals surface area (Å²) in [7, 11) is -2.85. The molecule has 0 radical (unpaired) electrons. The van der Waals surface area contributed by atoms with Gasteiger partial charge in [0.15, 0.2) is 9.84 Å². The lowest BCUT2D eigenvalue weighted by Gasteiger charge is -2.08. The molecular formula is C11H15NO3S2. The second-order valence-electron chi connectivity index (χ2n) is 4.39. The number of aryl methyl sites for hydroxylation is 1. The Morgan fingerprint density at radius 1 is 1.53 bits per heavy atom. The van der Waals surface area contributed by atoms with Crippen LogP contribution in [0.4, 0.5) is 0 Å². The molecule has 0 saturated carbocycles. The van der Waals surface area contributed by atoms with E-state index >= 15 is 0 Å². The van der Waals surface area contributed by atoms with Gasteiger partial charge in [-0.3, -0.25) is 4.79 Å². The van der Waals surface area contributed by atoms with E-state index in [1.807, 2.05) is 13.0 Å². The van der Waals surface area contributed by atoms with Gasteiger partial charge in [0.25, 0.3) is 5.91 Å². The monoisotopic (exact) mass is 273 g/mol. The van der Waals surface area contributed by atoms with E-state index in [0.717, 1.165) is 4.88 Å². The van der Waals surface area contributed by atoms with Crippen LogP contribution in [0.3, 0.4) is 0 Å². The van der Waals surface area contributed by atoms with Gasteiger partial charge < -0.3 is 5.32 Å². The van der Waals surface area contributed by atoms with Gasteiger partial charge in [0.1, 0.15) is 0 Å². The zero-order valence-corrected chi connectivity index (χ0v) is 11.2. The predicted octanol–water partition coefficient (Wildman–Crippen LogP) is 1.22. The van der Waals surface area contributed by atoms with Crippen LogP contribution in [0.15, 0.2) is 12.1 Å². The summed E-state index contributed by atoms with van der Waals surface area (Å²) in [4.78, 5) is 13.5. The van der Waals surface area contributed by atoms with E-state index in [-0.39, 0.29) is 23.3 Å². The number of thiophene rings is 1. The normalized spacial score (nSPS) is 22.5. The van der Waals surface area contributed by atoms with Crippen LogP contribution in [-0.4, -0.2) is 32.4 Å². The van der Waals surface area contributed by atoms with Crippen molar-refractivity contribution in [2.45, 2.75) is 13.3 Å². The Kier molecular flexibility index (Phi) is 3.53. The Hall–Kier alpha value is -0.880. The molecule has 2 rings (SSSR count). The Bertz CT molecular complexity index is 519. The fraction of sp³-hybridized carbons (Fsp3) is 0.545. The van der Waals surface area contributed by atoms with Crippen molar-refractivity contribution in [2.24, 2.45) is 5.92 Å². The Morgan fingerprint density at radius 2 is 2.29 bits per heavy atom. The smallest absolute Gasteiger partial charge is 0.261 e. The van der Waals surface area contributed by atoms with Crippen LogP contribution in [0.25, 0.3) is 0 Å². The molecule has 1 aliphatic rings. The lowest BCUT2D eigenvalue weighted by molar-refractivity contribution is 0.0952. The third-order valence-electron chi connectivity index (χ3n) is 2.84. The Balaban J connectivity index is 1.85. The Morgan fingerprint density at radius 3 is 2.82 bits per heavy atom. The molecule has 1 fully saturated rings. The molecular weight excluding hydrogens is 258 g/mol. The lowest BCUT2D eigenvalue weighted by atomic mass is 10.1. The minimum Gasteiger partial charge on any atom is -0.351 e. The zero-order valence-electron chi connectivity index (χ0n) is 9.60. The predicted molar refractivity (Wildman–Crippen MR) is 68.2 cm³/mol. The van der Waals surface area contributed by atoms with Crippen LogP contribution in [-0.2, 0) is 9.84 Å². The second kappa shape index (κ2) is 4.78. The molecule has 1 aromatic rings. The minimum absolute atomic E-state index is 0.0741. The van der Waals surface area contributed by atoms with Crippen LogP contribution in [0.5, 0.6) is 0 Å². The number of rotatable bonds is 3. The van der Waals surface area contributed by atoms with Gasteiger partial charge >= 0.3 is 0 Å². The highest BCUT2D eigenvalue weighted by molar-refractivity contribution is 7.91. The second-order valence-corrected chi connectivity index (χ2v) is 7.91. The van der Waals surface area contributed by atoms with Crippen LogP contribution < -0.4 is 5.32 Å². The van der Waals surface area contributed by atoms with Crippen molar-refractivity contribution < 1.29 is 13.2 Å². The Labute approximate surface area is 105 Å². The van der Waals surface area contributed by atoms with E-state index in [1.165, 1.54) is 11.3 Å². The maximum absolute atomic E-state index is 11.7. The van der Waals surface area contributed by atoms with Gasteiger partial charge in [-0.1, -0.05) is 0 Å². The van der Waals surface area contributed by atoms with Crippen molar-refractivity contribution >= 4 is 27.1 Å². The van der Waals surface area contributed by atoms with Crippen LogP contribution in [0.2, 0.25) is 0 Å². The van der Waals surface area contributed by atoms with Gasteiger partial charge in [0, 0.05) is 11.4 Å². The molecule has 0 aliphatic carbocycles. The number of nitrogens with one attached hydrogen (secondary N) is 1. The first-order valence-electron chi connectivity index (χ1n) is 5.51. The van der Waals surface area contributed by atoms with Crippen molar-refractivity contribution in [3.8, 4) is 0 Å². The van der Waals surface area contributed by atoms with Crippen molar-refractivity contribution in [3.05, 3.63) is 21.9 Å². The standard InChI is InChI=1S/C11H15NO3S2/c1-8-2-3-10(16-8)11(13)12-6-9-4-5-17(14,15)7-9/h2-3,9H,4-7H2,1H3,(H,12,13). The molecule has 1 aliphatic heterocycles. The highest BCUT2D eigenvalue weighted by Crippen LogP contribution is 2.18. The van der Waals surface area contributed by atoms with E-state index in [1.54, 1.807) is 6.07 Å². The maximum atomic E-state index is 11.7. The molecule has 1 aromatic heterocycles. The minimum atomic E-state index is -2.85. The molecule has 6 heteroatoms. The molecule has 1 amide bonds. The van der Waals surface area contributed by atoms with E-state index in [4.69, 9.17) is 0 Å². The first-order valence-corrected chi connectivity index (χ1v) is 8.15. The molecule has 17 heavy (non-hydrogen) atoms. The van der Waals surface area contributed by atoms with Crippen molar-refractivity contribution in [3.63, 3.8) is 0 Å². The van der Waals surface area contributed by atoms with Gasteiger partial charge in [0.2, 0.25) is 0 Å². The summed E-state index contributed by atoms with van der Waals surface area (Å²) in [6.45, 7) is 2.40. The van der Waals surface area contributed by atoms with Crippen LogP contribution >= 0.6 is 11.3 Å². The molecule has 1 atom stereocenters. The number of hydrogen-bond acceptors (Lipinski definition) is 4. The summed E-state index contributed by atoms with van der Waals surface area (Å²) in [6, 6.07) is 3.69. The van der Waals surface area contributed by atoms with Crippen molar-refractivity contribution in [2.75, 3.05) is 18.1 Å². The molecule has 1 unspecified atom stereocenters. The molecule has 1 saturated heterocycles. The van der Waals surface area contributed by atoms with Crippen LogP contribution in [0.1, 0.15) is 21.0 Å². The highest BCUT2D eigenvalue weighted by atomic mass is 32.2. The zero-order chi connectivity index (χ0) is 12.5. The molecule has 0 spiro atoms. The molecule has 94 valence electrons. The largest absolute Gasteiger partial charge is 0.351 e. The first-order chi connectivity index (χ1) is 7.96. The van der Waals surface area contributed by atoms with Crippen molar-refractivity contribution in [1.29, 1.82) is 0 Å².